The van der Waals surface area contributed by atoms with Gasteiger partial charge >= 0.3 is 0 Å². The summed E-state index contributed by atoms with van der Waals surface area (Å²) in [5.74, 6) is 0.836. The van der Waals surface area contributed by atoms with Gasteiger partial charge in [0.1, 0.15) is 18.0 Å². The number of benzene rings is 1. The maximum Gasteiger partial charge on any atom is 0.148 e. The molecule has 21 heavy (non-hydrogen) atoms. The zero-order valence-corrected chi connectivity index (χ0v) is 16.9. The van der Waals surface area contributed by atoms with Gasteiger partial charge in [-0.15, -0.1) is 0 Å². The summed E-state index contributed by atoms with van der Waals surface area (Å²) in [6.45, 7) is 5.97. The van der Waals surface area contributed by atoms with Gasteiger partial charge in [-0.2, -0.15) is 0 Å². The number of nitrogens with one attached hydrogen (secondary N) is 1. The third kappa shape index (κ3) is 4.44. The highest BCUT2D eigenvalue weighted by molar-refractivity contribution is 9.11. The van der Waals surface area contributed by atoms with Crippen LogP contribution >= 0.6 is 47.8 Å². The summed E-state index contributed by atoms with van der Waals surface area (Å²) in [6.07, 6.45) is 2.20. The molecule has 0 spiro atoms. The molecule has 3 atom stereocenters. The Kier molecular flexibility index (Phi) is 7.00. The predicted octanol–water partition coefficient (Wildman–Crippen LogP) is 4.90. The van der Waals surface area contributed by atoms with E-state index in [0.29, 0.717) is 6.04 Å². The van der Waals surface area contributed by atoms with E-state index in [4.69, 9.17) is 9.47 Å². The lowest BCUT2D eigenvalue weighted by Gasteiger charge is -2.44. The molecule has 1 saturated carbocycles. The SMILES string of the molecule is CCCOC1C(NCC)CC1Oc1c(Br)cc(Br)cc1Br. The molecule has 0 bridgehead atoms. The average Bonchev–Trinajstić information content (AvgIpc) is 2.40. The van der Waals surface area contributed by atoms with E-state index in [-0.39, 0.29) is 12.2 Å². The van der Waals surface area contributed by atoms with Gasteiger partial charge in [0.15, 0.2) is 0 Å². The second-order valence-corrected chi connectivity index (χ2v) is 7.71. The maximum absolute atomic E-state index is 6.17. The summed E-state index contributed by atoms with van der Waals surface area (Å²) in [4.78, 5) is 0. The molecule has 1 fully saturated rings. The highest BCUT2D eigenvalue weighted by Crippen LogP contribution is 2.39. The summed E-state index contributed by atoms with van der Waals surface area (Å²) in [6, 6.07) is 4.37. The van der Waals surface area contributed by atoms with Crippen molar-refractivity contribution >= 4 is 47.8 Å². The fourth-order valence-corrected chi connectivity index (χ4v) is 4.87. The highest BCUT2D eigenvalue weighted by atomic mass is 79.9. The van der Waals surface area contributed by atoms with Crippen molar-refractivity contribution in [3.8, 4) is 5.75 Å². The summed E-state index contributed by atoms with van der Waals surface area (Å²) in [5, 5.41) is 3.46. The number of ether oxygens (including phenoxy) is 2. The Morgan fingerprint density at radius 1 is 1.19 bits per heavy atom. The van der Waals surface area contributed by atoms with Crippen LogP contribution in [0.3, 0.4) is 0 Å². The van der Waals surface area contributed by atoms with E-state index in [2.05, 4.69) is 67.0 Å². The Morgan fingerprint density at radius 3 is 2.43 bits per heavy atom. The molecule has 1 aliphatic carbocycles. The van der Waals surface area contributed by atoms with Crippen LogP contribution in [0.1, 0.15) is 26.7 Å². The van der Waals surface area contributed by atoms with E-state index in [1.807, 2.05) is 12.1 Å². The van der Waals surface area contributed by atoms with Gasteiger partial charge in [0.05, 0.1) is 8.95 Å². The van der Waals surface area contributed by atoms with Crippen molar-refractivity contribution in [2.24, 2.45) is 0 Å². The Bertz CT molecular complexity index is 461. The van der Waals surface area contributed by atoms with E-state index < -0.39 is 0 Å². The molecule has 3 nitrogen and oxygen atoms in total. The molecule has 1 aromatic carbocycles. The molecular formula is C15H20Br3NO2. The number of hydrogen-bond donors (Lipinski definition) is 1. The third-order valence-electron chi connectivity index (χ3n) is 3.46. The Hall–Kier alpha value is 0.380. The first-order chi connectivity index (χ1) is 10.1. The van der Waals surface area contributed by atoms with Crippen molar-refractivity contribution in [2.75, 3.05) is 13.2 Å². The first-order valence-electron chi connectivity index (χ1n) is 7.23. The molecule has 6 heteroatoms. The topological polar surface area (TPSA) is 30.5 Å². The van der Waals surface area contributed by atoms with E-state index in [0.717, 1.165) is 45.2 Å². The van der Waals surface area contributed by atoms with Crippen molar-refractivity contribution in [1.82, 2.24) is 5.32 Å². The van der Waals surface area contributed by atoms with Crippen molar-refractivity contribution in [3.05, 3.63) is 25.6 Å². The lowest BCUT2D eigenvalue weighted by atomic mass is 9.85. The monoisotopic (exact) mass is 483 g/mol. The maximum atomic E-state index is 6.17. The molecule has 0 saturated heterocycles. The molecule has 2 rings (SSSR count). The van der Waals surface area contributed by atoms with Crippen molar-refractivity contribution < 1.29 is 9.47 Å². The number of rotatable bonds is 7. The second kappa shape index (κ2) is 8.29. The molecule has 3 unspecified atom stereocenters. The van der Waals surface area contributed by atoms with Crippen LogP contribution in [0.15, 0.2) is 25.6 Å². The van der Waals surface area contributed by atoms with E-state index in [9.17, 15) is 0 Å². The van der Waals surface area contributed by atoms with Crippen LogP contribution in [-0.2, 0) is 4.74 Å². The molecule has 1 aliphatic rings. The van der Waals surface area contributed by atoms with Crippen LogP contribution in [0.2, 0.25) is 0 Å². The van der Waals surface area contributed by atoms with Crippen LogP contribution in [0.4, 0.5) is 0 Å². The van der Waals surface area contributed by atoms with Crippen molar-refractivity contribution in [2.45, 2.75) is 44.9 Å². The Balaban J connectivity index is 2.05. The van der Waals surface area contributed by atoms with E-state index in [1.165, 1.54) is 0 Å². The van der Waals surface area contributed by atoms with Gasteiger partial charge in [0, 0.05) is 23.5 Å². The fourth-order valence-electron chi connectivity index (χ4n) is 2.43. The van der Waals surface area contributed by atoms with Crippen LogP contribution < -0.4 is 10.1 Å². The Morgan fingerprint density at radius 2 is 1.86 bits per heavy atom. The van der Waals surface area contributed by atoms with E-state index in [1.54, 1.807) is 0 Å². The van der Waals surface area contributed by atoms with Gasteiger partial charge in [-0.3, -0.25) is 0 Å². The fraction of sp³-hybridized carbons (Fsp3) is 0.600. The minimum absolute atomic E-state index is 0.0920. The van der Waals surface area contributed by atoms with Crippen LogP contribution in [0.25, 0.3) is 0 Å². The minimum Gasteiger partial charge on any atom is -0.485 e. The summed E-state index contributed by atoms with van der Waals surface area (Å²) in [7, 11) is 0. The number of halogens is 3. The average molecular weight is 486 g/mol. The molecule has 0 aromatic heterocycles. The predicted molar refractivity (Wildman–Crippen MR) is 96.1 cm³/mol. The number of hydrogen-bond acceptors (Lipinski definition) is 3. The summed E-state index contributed by atoms with van der Waals surface area (Å²) < 4.78 is 15.0. The molecule has 0 heterocycles. The van der Waals surface area contributed by atoms with Crippen molar-refractivity contribution in [3.63, 3.8) is 0 Å². The zero-order chi connectivity index (χ0) is 15.4. The van der Waals surface area contributed by atoms with Gasteiger partial charge in [-0.1, -0.05) is 29.8 Å². The summed E-state index contributed by atoms with van der Waals surface area (Å²) >= 11 is 10.6. The third-order valence-corrected chi connectivity index (χ3v) is 5.10. The lowest BCUT2D eigenvalue weighted by Crippen LogP contribution is -2.61. The molecule has 1 N–H and O–H groups in total. The molecular weight excluding hydrogens is 466 g/mol. The van der Waals surface area contributed by atoms with Crippen molar-refractivity contribution in [1.29, 1.82) is 0 Å². The van der Waals surface area contributed by atoms with E-state index >= 15 is 0 Å². The molecule has 118 valence electrons. The number of likely N-dealkylation sites (N-methyl/N-ethyl adjacent to an activating group) is 1. The standard InChI is InChI=1S/C15H20Br3NO2/c1-3-5-20-15-12(19-4-2)8-13(15)21-14-10(17)6-9(16)7-11(14)18/h6-7,12-13,15,19H,3-5,8H2,1-2H3. The Labute approximate surface area is 151 Å². The first kappa shape index (κ1) is 17.7. The van der Waals surface area contributed by atoms with Gasteiger partial charge in [-0.25, -0.2) is 0 Å². The zero-order valence-electron chi connectivity index (χ0n) is 12.2. The molecule has 0 amide bonds. The van der Waals surface area contributed by atoms with Crippen LogP contribution in [0.5, 0.6) is 5.75 Å². The molecule has 1 aromatic rings. The van der Waals surface area contributed by atoms with Gasteiger partial charge < -0.3 is 14.8 Å². The second-order valence-electron chi connectivity index (χ2n) is 5.09. The quantitative estimate of drug-likeness (QED) is 0.596. The van der Waals surface area contributed by atoms with Crippen LogP contribution in [-0.4, -0.2) is 31.4 Å². The minimum atomic E-state index is 0.0920. The normalized spacial score (nSPS) is 24.7. The highest BCUT2D eigenvalue weighted by Gasteiger charge is 2.43. The lowest BCUT2D eigenvalue weighted by molar-refractivity contribution is -0.108. The van der Waals surface area contributed by atoms with Crippen LogP contribution in [0, 0.1) is 0 Å². The summed E-state index contributed by atoms with van der Waals surface area (Å²) in [5.41, 5.74) is 0. The van der Waals surface area contributed by atoms with Gasteiger partial charge in [-0.05, 0) is 57.0 Å². The van der Waals surface area contributed by atoms with Gasteiger partial charge in [0.25, 0.3) is 0 Å². The first-order valence-corrected chi connectivity index (χ1v) is 9.60. The molecule has 0 radical (unpaired) electrons. The largest absolute Gasteiger partial charge is 0.485 e. The smallest absolute Gasteiger partial charge is 0.148 e. The van der Waals surface area contributed by atoms with Gasteiger partial charge in [0.2, 0.25) is 0 Å². The molecule has 0 aliphatic heterocycles.